The molecule has 0 spiro atoms. The highest BCUT2D eigenvalue weighted by Gasteiger charge is 2.48. The normalized spacial score (nSPS) is 17.0. The molecule has 0 aromatic rings. The summed E-state index contributed by atoms with van der Waals surface area (Å²) in [5.74, 6) is -5.87. The molecule has 10 atom stereocenters. The van der Waals surface area contributed by atoms with Gasteiger partial charge < -0.3 is 83.5 Å². The Morgan fingerprint density at radius 2 is 0.918 bits per heavy atom. The van der Waals surface area contributed by atoms with Crippen molar-refractivity contribution >= 4 is 53.7 Å². The first-order valence-electron chi connectivity index (χ1n) is 35.0. The van der Waals surface area contributed by atoms with Crippen LogP contribution in [0.3, 0.4) is 0 Å². The minimum absolute atomic E-state index is 0.0803. The highest BCUT2D eigenvalue weighted by molar-refractivity contribution is 5.86. The number of rotatable bonds is 47. The number of hydrogen-bond acceptors (Lipinski definition) is 25. The van der Waals surface area contributed by atoms with E-state index in [2.05, 4.69) is 10.2 Å². The predicted molar refractivity (Wildman–Crippen MR) is 363 cm³/mol. The third-order valence-electron chi connectivity index (χ3n) is 17.4. The summed E-state index contributed by atoms with van der Waals surface area (Å²) in [6.07, 6.45) is 3.79. The number of esters is 8. The van der Waals surface area contributed by atoms with Crippen LogP contribution >= 0.6 is 0 Å². The van der Waals surface area contributed by atoms with Crippen molar-refractivity contribution < 1.29 is 116 Å². The number of amides is 1. The first-order chi connectivity index (χ1) is 45.2. The molecule has 26 nitrogen and oxygen atoms in total. The number of ether oxygens (including phenoxy) is 9. The van der Waals surface area contributed by atoms with Crippen molar-refractivity contribution in [2.75, 3.05) is 99.4 Å². The zero-order chi connectivity index (χ0) is 75.0. The van der Waals surface area contributed by atoms with E-state index in [4.69, 9.17) is 58.0 Å². The Morgan fingerprint density at radius 3 is 1.29 bits per heavy atom. The molecule has 10 unspecified atom stereocenters. The van der Waals surface area contributed by atoms with Gasteiger partial charge in [0.15, 0.2) is 0 Å². The lowest BCUT2D eigenvalue weighted by molar-refractivity contribution is -0.168. The van der Waals surface area contributed by atoms with Crippen molar-refractivity contribution in [2.24, 2.45) is 50.2 Å². The Bertz CT molecular complexity index is 2300. The van der Waals surface area contributed by atoms with Crippen molar-refractivity contribution in [1.82, 2.24) is 10.2 Å². The Balaban J connectivity index is 0. The standard InChI is InChI=1S/C26H49NO8.C23H43NO7.C22H38O9/c1-8-12-14-33-22(30)20(9-2)16-26(7,24(32)34-15-13-27(10-3)11-4)19-25(5,6)23(31)35-18-21(29)17-28;1-8-10-11-30-19(27)17(9-2)12-23(7,20(28)24-16(3)4)15-22(5,6)21(29)31-14-18(26)13-25;1-6-22(4,20(27)28-5)11-15(18(25)30-14-17-8-7-9-29-17)10-21(2,3)19(26)31-13-16(24)12-23/h20-21,28-29H,8-19H2,1-7H3;16-18,25-26H,8-15H2,1-7H3,(H,24,28);15-17,23-24H,6-14H2,1-5H3. The zero-order valence-electron chi connectivity index (χ0n) is 62.6. The monoisotopic (exact) mass is 1390 g/mol. The largest absolute Gasteiger partial charge is 0.469 e. The van der Waals surface area contributed by atoms with Crippen LogP contribution in [0.4, 0.5) is 0 Å². The molecule has 1 saturated heterocycles. The van der Waals surface area contributed by atoms with Gasteiger partial charge >= 0.3 is 47.8 Å². The van der Waals surface area contributed by atoms with E-state index >= 15 is 0 Å². The highest BCUT2D eigenvalue weighted by Crippen LogP contribution is 2.44. The maximum Gasteiger partial charge on any atom is 0.311 e. The molecule has 1 aliphatic rings. The Morgan fingerprint density at radius 1 is 0.505 bits per heavy atom. The van der Waals surface area contributed by atoms with Gasteiger partial charge in [-0.3, -0.25) is 43.2 Å². The molecule has 1 amide bonds. The van der Waals surface area contributed by atoms with E-state index in [0.29, 0.717) is 45.6 Å². The SMILES string of the molecule is CCC(C)(CC(CC(C)(C)C(=O)OCC(O)CO)C(=O)OCC1CCCO1)C(=O)OC.CCCCOC(=O)C(CC)CC(C)(CC(C)(C)C(=O)OCC(O)CO)C(=O)NC(C)C.CCCCOC(=O)C(CC)CC(C)(CC(C)(C)C(=O)OCC(O)CO)C(=O)OCCN(CC)CC. The van der Waals surface area contributed by atoms with Crippen molar-refractivity contribution in [1.29, 1.82) is 0 Å². The summed E-state index contributed by atoms with van der Waals surface area (Å²) in [6.45, 7) is 33.8. The summed E-state index contributed by atoms with van der Waals surface area (Å²) in [5.41, 5.74) is -6.34. The van der Waals surface area contributed by atoms with Gasteiger partial charge in [0.1, 0.15) is 51.3 Å². The third-order valence-corrected chi connectivity index (χ3v) is 17.4. The molecule has 97 heavy (non-hydrogen) atoms. The maximum absolute atomic E-state index is 13.4. The van der Waals surface area contributed by atoms with Gasteiger partial charge in [-0.2, -0.15) is 0 Å². The van der Waals surface area contributed by atoms with Gasteiger partial charge in [0.2, 0.25) is 5.91 Å². The summed E-state index contributed by atoms with van der Waals surface area (Å²) in [5, 5.41) is 58.1. The highest BCUT2D eigenvalue weighted by atomic mass is 16.6. The average Bonchev–Trinajstić information content (AvgIpc) is 1.15. The quantitative estimate of drug-likeness (QED) is 0.0180. The minimum atomic E-state index is -1.17. The summed E-state index contributed by atoms with van der Waals surface area (Å²) < 4.78 is 47.8. The first kappa shape index (κ1) is 94.0. The van der Waals surface area contributed by atoms with Crippen LogP contribution in [0.5, 0.6) is 0 Å². The van der Waals surface area contributed by atoms with Crippen LogP contribution in [0, 0.1) is 50.2 Å². The smallest absolute Gasteiger partial charge is 0.311 e. The van der Waals surface area contributed by atoms with E-state index in [1.54, 1.807) is 62.3 Å². The molecule has 0 aromatic carbocycles. The molecule has 1 heterocycles. The van der Waals surface area contributed by atoms with Crippen molar-refractivity contribution in [3.63, 3.8) is 0 Å². The number of nitrogens with zero attached hydrogens (tertiary/aromatic N) is 1. The molecule has 1 fully saturated rings. The second-order valence-electron chi connectivity index (χ2n) is 28.7. The number of nitrogens with one attached hydrogen (secondary N) is 1. The van der Waals surface area contributed by atoms with E-state index in [-0.39, 0.29) is 102 Å². The predicted octanol–water partition coefficient (Wildman–Crippen LogP) is 7.16. The van der Waals surface area contributed by atoms with Gasteiger partial charge in [-0.1, -0.05) is 68.2 Å². The van der Waals surface area contributed by atoms with Gasteiger partial charge in [0.25, 0.3) is 0 Å². The topological polar surface area (TPSA) is 373 Å². The number of carbonyl (C=O) groups excluding carboxylic acids is 9. The Kier molecular flexibility index (Phi) is 46.4. The second-order valence-corrected chi connectivity index (χ2v) is 28.7. The number of carbonyl (C=O) groups is 9. The number of aliphatic hydroxyl groups is 6. The van der Waals surface area contributed by atoms with Crippen LogP contribution in [0.25, 0.3) is 0 Å². The first-order valence-corrected chi connectivity index (χ1v) is 35.0. The van der Waals surface area contributed by atoms with Crippen LogP contribution in [-0.4, -0.2) is 219 Å². The molecule has 1 aliphatic heterocycles. The summed E-state index contributed by atoms with van der Waals surface area (Å²) >= 11 is 0. The summed E-state index contributed by atoms with van der Waals surface area (Å²) in [6, 6.07) is -0.0989. The Labute approximate surface area is 579 Å². The third kappa shape index (κ3) is 36.2. The van der Waals surface area contributed by atoms with Gasteiger partial charge in [0, 0.05) is 24.6 Å². The molecule has 0 radical (unpaired) electrons. The number of unbranched alkanes of at least 4 members (excludes halogenated alkanes) is 2. The van der Waals surface area contributed by atoms with Crippen LogP contribution in [-0.2, 0) is 85.8 Å². The van der Waals surface area contributed by atoms with Crippen LogP contribution in [0.15, 0.2) is 0 Å². The van der Waals surface area contributed by atoms with E-state index < -0.39 is 124 Å². The van der Waals surface area contributed by atoms with E-state index in [0.717, 1.165) is 51.6 Å². The maximum atomic E-state index is 13.4. The van der Waals surface area contributed by atoms with E-state index in [9.17, 15) is 58.5 Å². The Hall–Kier alpha value is -5.09. The molecule has 0 bridgehead atoms. The van der Waals surface area contributed by atoms with Crippen LogP contribution in [0.1, 0.15) is 221 Å². The lowest BCUT2D eigenvalue weighted by Gasteiger charge is -2.37. The number of aliphatic hydroxyl groups excluding tert-OH is 6. The fourth-order valence-corrected chi connectivity index (χ4v) is 11.2. The lowest BCUT2D eigenvalue weighted by Crippen LogP contribution is -2.47. The second kappa shape index (κ2) is 47.9. The molecule has 1 rings (SSSR count). The minimum Gasteiger partial charge on any atom is -0.469 e. The number of likely N-dealkylation sites (N-methyl/N-ethyl adjacent to an activating group) is 1. The number of hydrogen-bond donors (Lipinski definition) is 7. The molecule has 7 N–H and O–H groups in total. The van der Waals surface area contributed by atoms with E-state index in [1.807, 2.05) is 62.3 Å². The number of methoxy groups -OCH3 is 1. The molecule has 26 heteroatoms. The lowest BCUT2D eigenvalue weighted by atomic mass is 9.68. The fraction of sp³-hybridized carbons (Fsp3) is 0.873. The van der Waals surface area contributed by atoms with Crippen molar-refractivity contribution in [2.45, 2.75) is 251 Å². The molecular formula is C71H130N2O24. The fourth-order valence-electron chi connectivity index (χ4n) is 11.2. The zero-order valence-corrected chi connectivity index (χ0v) is 62.6. The molecule has 568 valence electrons. The van der Waals surface area contributed by atoms with Gasteiger partial charge in [-0.25, -0.2) is 0 Å². The summed E-state index contributed by atoms with van der Waals surface area (Å²) in [4.78, 5) is 117. The van der Waals surface area contributed by atoms with Crippen LogP contribution in [0.2, 0.25) is 0 Å². The van der Waals surface area contributed by atoms with Gasteiger partial charge in [0.05, 0.1) is 91.1 Å². The molecular weight excluding hydrogens is 1260 g/mol. The van der Waals surface area contributed by atoms with Crippen molar-refractivity contribution in [3.8, 4) is 0 Å². The van der Waals surface area contributed by atoms with Gasteiger partial charge in [-0.15, -0.1) is 0 Å². The molecule has 0 saturated carbocycles. The van der Waals surface area contributed by atoms with E-state index in [1.165, 1.54) is 7.11 Å². The molecule has 0 aromatic heterocycles. The molecule has 0 aliphatic carbocycles. The van der Waals surface area contributed by atoms with Crippen LogP contribution < -0.4 is 5.32 Å². The average molecular weight is 1400 g/mol. The summed E-state index contributed by atoms with van der Waals surface area (Å²) in [7, 11) is 1.30. The van der Waals surface area contributed by atoms with Crippen molar-refractivity contribution in [3.05, 3.63) is 0 Å². The van der Waals surface area contributed by atoms with Gasteiger partial charge in [-0.05, 0) is 166 Å².